The number of aromatic nitrogens is 1. The standard InChI is InChI=1S/C23H22FN3OS.ClH/c1-26(2)13-6-14-27(23-25-20-12-11-17(24)15-21(20)29-23)22(28)19-10-5-8-16-7-3-4-9-18(16)19;/h3-5,7-12,15H,6,13-14H2,1-2H3;1H. The Morgan fingerprint density at radius 2 is 1.80 bits per heavy atom. The summed E-state index contributed by atoms with van der Waals surface area (Å²) in [6.07, 6.45) is 0.813. The van der Waals surface area contributed by atoms with Crippen LogP contribution in [0, 0.1) is 5.82 Å². The summed E-state index contributed by atoms with van der Waals surface area (Å²) < 4.78 is 14.4. The largest absolute Gasteiger partial charge is 0.309 e. The van der Waals surface area contributed by atoms with Crippen molar-refractivity contribution in [1.29, 1.82) is 0 Å². The van der Waals surface area contributed by atoms with Crippen LogP contribution in [0.1, 0.15) is 16.8 Å². The molecule has 3 aromatic carbocycles. The van der Waals surface area contributed by atoms with E-state index < -0.39 is 0 Å². The molecule has 0 saturated carbocycles. The molecule has 1 aromatic heterocycles. The number of nitrogens with zero attached hydrogens (tertiary/aromatic N) is 3. The average Bonchev–Trinajstić information content (AvgIpc) is 3.12. The number of hydrogen-bond acceptors (Lipinski definition) is 4. The van der Waals surface area contributed by atoms with E-state index in [9.17, 15) is 9.18 Å². The molecule has 0 saturated heterocycles. The van der Waals surface area contributed by atoms with Gasteiger partial charge in [0.15, 0.2) is 5.13 Å². The molecule has 0 fully saturated rings. The Kier molecular flexibility index (Phi) is 7.02. The van der Waals surface area contributed by atoms with Crippen LogP contribution >= 0.6 is 23.7 Å². The van der Waals surface area contributed by atoms with Crippen LogP contribution in [-0.4, -0.2) is 43.0 Å². The topological polar surface area (TPSA) is 36.4 Å². The minimum Gasteiger partial charge on any atom is -0.309 e. The molecular weight excluding hydrogens is 421 g/mol. The van der Waals surface area contributed by atoms with Crippen LogP contribution in [0.15, 0.2) is 60.7 Å². The molecule has 4 nitrogen and oxygen atoms in total. The van der Waals surface area contributed by atoms with Crippen LogP contribution < -0.4 is 4.90 Å². The fourth-order valence-electron chi connectivity index (χ4n) is 3.39. The molecule has 30 heavy (non-hydrogen) atoms. The monoisotopic (exact) mass is 443 g/mol. The van der Waals surface area contributed by atoms with Gasteiger partial charge in [-0.2, -0.15) is 0 Å². The van der Waals surface area contributed by atoms with Crippen LogP contribution in [0.4, 0.5) is 9.52 Å². The third-order valence-corrected chi connectivity index (χ3v) is 5.86. The van der Waals surface area contributed by atoms with Gasteiger partial charge in [-0.3, -0.25) is 9.69 Å². The molecule has 4 aromatic rings. The summed E-state index contributed by atoms with van der Waals surface area (Å²) in [5, 5.41) is 2.55. The Morgan fingerprint density at radius 3 is 2.60 bits per heavy atom. The number of rotatable bonds is 6. The maximum Gasteiger partial charge on any atom is 0.260 e. The molecule has 1 amide bonds. The first-order chi connectivity index (χ1) is 14.0. The van der Waals surface area contributed by atoms with Crippen molar-refractivity contribution in [1.82, 2.24) is 9.88 Å². The molecule has 0 atom stereocenters. The van der Waals surface area contributed by atoms with Crippen molar-refractivity contribution in [3.05, 3.63) is 72.0 Å². The quantitative estimate of drug-likeness (QED) is 0.388. The van der Waals surface area contributed by atoms with Gasteiger partial charge >= 0.3 is 0 Å². The molecule has 156 valence electrons. The highest BCUT2D eigenvalue weighted by Crippen LogP contribution is 2.31. The second-order valence-corrected chi connectivity index (χ2v) is 8.26. The molecule has 0 radical (unpaired) electrons. The highest BCUT2D eigenvalue weighted by molar-refractivity contribution is 7.22. The number of hydrogen-bond donors (Lipinski definition) is 0. The molecule has 1 heterocycles. The van der Waals surface area contributed by atoms with E-state index in [1.165, 1.54) is 23.5 Å². The van der Waals surface area contributed by atoms with Crippen LogP contribution in [0.2, 0.25) is 0 Å². The first kappa shape index (κ1) is 22.2. The molecule has 0 aliphatic carbocycles. The average molecular weight is 444 g/mol. The molecule has 4 rings (SSSR count). The summed E-state index contributed by atoms with van der Waals surface area (Å²) in [4.78, 5) is 22.0. The normalized spacial score (nSPS) is 11.1. The third-order valence-electron chi connectivity index (χ3n) is 4.82. The van der Waals surface area contributed by atoms with Crippen LogP contribution in [-0.2, 0) is 0 Å². The van der Waals surface area contributed by atoms with Gasteiger partial charge in [-0.05, 0) is 62.1 Å². The van der Waals surface area contributed by atoms with Crippen molar-refractivity contribution in [2.24, 2.45) is 0 Å². The Balaban J connectivity index is 0.00000256. The van der Waals surface area contributed by atoms with E-state index in [0.29, 0.717) is 22.8 Å². The van der Waals surface area contributed by atoms with Gasteiger partial charge in [0.2, 0.25) is 0 Å². The minimum absolute atomic E-state index is 0. The van der Waals surface area contributed by atoms with Crippen molar-refractivity contribution in [2.45, 2.75) is 6.42 Å². The zero-order chi connectivity index (χ0) is 20.4. The van der Waals surface area contributed by atoms with Crippen LogP contribution in [0.5, 0.6) is 0 Å². The number of fused-ring (bicyclic) bond motifs is 2. The van der Waals surface area contributed by atoms with Crippen molar-refractivity contribution in [2.75, 3.05) is 32.1 Å². The molecule has 0 aliphatic heterocycles. The number of amides is 1. The molecule has 0 bridgehead atoms. The lowest BCUT2D eigenvalue weighted by atomic mass is 10.0. The highest BCUT2D eigenvalue weighted by atomic mass is 35.5. The highest BCUT2D eigenvalue weighted by Gasteiger charge is 2.22. The van der Waals surface area contributed by atoms with Gasteiger partial charge in [-0.1, -0.05) is 47.7 Å². The number of halogens is 2. The number of anilines is 1. The summed E-state index contributed by atoms with van der Waals surface area (Å²) in [5.41, 5.74) is 1.35. The molecule has 7 heteroatoms. The van der Waals surface area contributed by atoms with Gasteiger partial charge in [0.25, 0.3) is 5.91 Å². The fourth-order valence-corrected chi connectivity index (χ4v) is 4.40. The fraction of sp³-hybridized carbons (Fsp3) is 0.217. The van der Waals surface area contributed by atoms with E-state index in [1.54, 1.807) is 11.0 Å². The Bertz CT molecular complexity index is 1170. The predicted molar refractivity (Wildman–Crippen MR) is 126 cm³/mol. The second-order valence-electron chi connectivity index (χ2n) is 7.25. The van der Waals surface area contributed by atoms with E-state index in [4.69, 9.17) is 0 Å². The molecular formula is C23H23ClFN3OS. The second kappa shape index (κ2) is 9.51. The SMILES string of the molecule is CN(C)CCCN(C(=O)c1cccc2ccccc12)c1nc2ccc(F)cc2s1.Cl. The lowest BCUT2D eigenvalue weighted by Crippen LogP contribution is -2.33. The lowest BCUT2D eigenvalue weighted by Gasteiger charge is -2.21. The van der Waals surface area contributed by atoms with Crippen molar-refractivity contribution in [3.8, 4) is 0 Å². The first-order valence-corrected chi connectivity index (χ1v) is 10.3. The van der Waals surface area contributed by atoms with E-state index >= 15 is 0 Å². The number of benzene rings is 3. The summed E-state index contributed by atoms with van der Waals surface area (Å²) >= 11 is 1.35. The van der Waals surface area contributed by atoms with Gasteiger partial charge in [0.05, 0.1) is 10.2 Å². The summed E-state index contributed by atoms with van der Waals surface area (Å²) in [6, 6.07) is 18.2. The zero-order valence-electron chi connectivity index (χ0n) is 16.8. The first-order valence-electron chi connectivity index (χ1n) is 9.53. The number of carbonyl (C=O) groups is 1. The number of carbonyl (C=O) groups excluding carboxylic acids is 1. The Hall–Kier alpha value is -2.54. The summed E-state index contributed by atoms with van der Waals surface area (Å²) in [5.74, 6) is -0.382. The van der Waals surface area contributed by atoms with E-state index in [-0.39, 0.29) is 24.1 Å². The van der Waals surface area contributed by atoms with Gasteiger partial charge in [0.1, 0.15) is 5.82 Å². The Labute approximate surface area is 185 Å². The Morgan fingerprint density at radius 1 is 1.03 bits per heavy atom. The lowest BCUT2D eigenvalue weighted by molar-refractivity contribution is 0.0987. The number of thiazole rings is 1. The molecule has 0 unspecified atom stereocenters. The van der Waals surface area contributed by atoms with Gasteiger partial charge in [0, 0.05) is 12.1 Å². The molecule has 0 aliphatic rings. The maximum atomic E-state index is 13.6. The predicted octanol–water partition coefficient (Wildman–Crippen LogP) is 5.61. The van der Waals surface area contributed by atoms with Crippen LogP contribution in [0.25, 0.3) is 21.0 Å². The maximum absolute atomic E-state index is 13.6. The van der Waals surface area contributed by atoms with Gasteiger partial charge < -0.3 is 4.90 Å². The summed E-state index contributed by atoms with van der Waals surface area (Å²) in [6.45, 7) is 1.40. The van der Waals surface area contributed by atoms with Gasteiger partial charge in [-0.25, -0.2) is 9.37 Å². The van der Waals surface area contributed by atoms with Gasteiger partial charge in [-0.15, -0.1) is 12.4 Å². The van der Waals surface area contributed by atoms with E-state index in [0.717, 1.165) is 28.4 Å². The van der Waals surface area contributed by atoms with Crippen molar-refractivity contribution >= 4 is 55.8 Å². The molecule has 0 N–H and O–H groups in total. The third kappa shape index (κ3) is 4.61. The van der Waals surface area contributed by atoms with E-state index in [2.05, 4.69) is 9.88 Å². The summed E-state index contributed by atoms with van der Waals surface area (Å²) in [7, 11) is 4.02. The minimum atomic E-state index is -0.299. The van der Waals surface area contributed by atoms with Crippen LogP contribution in [0.3, 0.4) is 0 Å². The van der Waals surface area contributed by atoms with E-state index in [1.807, 2.05) is 56.6 Å². The van der Waals surface area contributed by atoms with Crippen molar-refractivity contribution in [3.63, 3.8) is 0 Å². The smallest absolute Gasteiger partial charge is 0.260 e. The van der Waals surface area contributed by atoms with Crippen molar-refractivity contribution < 1.29 is 9.18 Å². The molecule has 0 spiro atoms. The zero-order valence-corrected chi connectivity index (χ0v) is 18.5.